The number of nitrogens with two attached hydrogens (primary N) is 1. The van der Waals surface area contributed by atoms with Crippen molar-refractivity contribution in [3.63, 3.8) is 0 Å². The predicted octanol–water partition coefficient (Wildman–Crippen LogP) is 1.90. The summed E-state index contributed by atoms with van der Waals surface area (Å²) in [7, 11) is 0. The van der Waals surface area contributed by atoms with Crippen molar-refractivity contribution >= 4 is 28.5 Å². The maximum Gasteiger partial charge on any atom is 0.252 e. The van der Waals surface area contributed by atoms with Crippen LogP contribution in [0.15, 0.2) is 18.2 Å². The summed E-state index contributed by atoms with van der Waals surface area (Å²) in [6.07, 6.45) is 2.32. The Morgan fingerprint density at radius 1 is 1.59 bits per heavy atom. The van der Waals surface area contributed by atoms with E-state index in [-0.39, 0.29) is 17.8 Å². The summed E-state index contributed by atoms with van der Waals surface area (Å²) in [5.41, 5.74) is 6.39. The second-order valence-corrected chi connectivity index (χ2v) is 5.50. The fraction of sp³-hybridized carbons (Fsp3) is 0.417. The number of halogens is 2. The number of amides is 1. The fourth-order valence-corrected chi connectivity index (χ4v) is 2.39. The van der Waals surface area contributed by atoms with Crippen molar-refractivity contribution in [1.82, 2.24) is 5.32 Å². The number of benzene rings is 1. The Labute approximate surface area is 113 Å². The van der Waals surface area contributed by atoms with Crippen molar-refractivity contribution in [3.8, 4) is 0 Å². The molecule has 5 heteroatoms. The Kier molecular flexibility index (Phi) is 3.98. The van der Waals surface area contributed by atoms with Crippen molar-refractivity contribution in [2.45, 2.75) is 18.9 Å². The summed E-state index contributed by atoms with van der Waals surface area (Å²) in [5.74, 6) is 0.0359. The van der Waals surface area contributed by atoms with Crippen LogP contribution in [-0.2, 0) is 0 Å². The second-order valence-electron chi connectivity index (χ2n) is 4.34. The van der Waals surface area contributed by atoms with Gasteiger partial charge in [0, 0.05) is 16.2 Å². The molecule has 0 saturated heterocycles. The van der Waals surface area contributed by atoms with Gasteiger partial charge in [0.05, 0.1) is 5.56 Å². The Morgan fingerprint density at radius 3 is 2.88 bits per heavy atom. The van der Waals surface area contributed by atoms with Gasteiger partial charge in [-0.1, -0.05) is 0 Å². The Morgan fingerprint density at radius 2 is 2.29 bits per heavy atom. The van der Waals surface area contributed by atoms with Gasteiger partial charge in [0.2, 0.25) is 0 Å². The molecule has 1 atom stereocenters. The molecule has 0 spiro atoms. The Balaban J connectivity index is 1.94. The second kappa shape index (κ2) is 5.30. The first-order chi connectivity index (χ1) is 8.08. The van der Waals surface area contributed by atoms with Crippen LogP contribution in [0.4, 0.5) is 4.39 Å². The van der Waals surface area contributed by atoms with E-state index in [1.54, 1.807) is 0 Å². The number of nitrogens with one attached hydrogen (secondary N) is 1. The SMILES string of the molecule is NC(CNC(=O)c1ccc(F)cc1I)C1CC1. The van der Waals surface area contributed by atoms with Crippen LogP contribution in [0.1, 0.15) is 23.2 Å². The van der Waals surface area contributed by atoms with Crippen molar-refractivity contribution in [1.29, 1.82) is 0 Å². The highest BCUT2D eigenvalue weighted by molar-refractivity contribution is 14.1. The zero-order valence-electron chi connectivity index (χ0n) is 9.25. The van der Waals surface area contributed by atoms with Crippen LogP contribution in [0.3, 0.4) is 0 Å². The molecule has 0 heterocycles. The van der Waals surface area contributed by atoms with Gasteiger partial charge < -0.3 is 11.1 Å². The monoisotopic (exact) mass is 348 g/mol. The normalized spacial score (nSPS) is 16.6. The first-order valence-corrected chi connectivity index (χ1v) is 6.64. The maximum atomic E-state index is 12.9. The zero-order valence-corrected chi connectivity index (χ0v) is 11.4. The van der Waals surface area contributed by atoms with Crippen LogP contribution in [0.2, 0.25) is 0 Å². The lowest BCUT2D eigenvalue weighted by Crippen LogP contribution is -2.38. The molecule has 1 saturated carbocycles. The Hall–Kier alpha value is -0.690. The molecule has 17 heavy (non-hydrogen) atoms. The van der Waals surface area contributed by atoms with Crippen molar-refractivity contribution < 1.29 is 9.18 Å². The van der Waals surface area contributed by atoms with Crippen LogP contribution in [0.5, 0.6) is 0 Å². The quantitative estimate of drug-likeness (QED) is 0.817. The molecule has 0 aliphatic heterocycles. The molecule has 0 bridgehead atoms. The topological polar surface area (TPSA) is 55.1 Å². The van der Waals surface area contributed by atoms with E-state index in [1.807, 2.05) is 22.6 Å². The summed E-state index contributed by atoms with van der Waals surface area (Å²) in [6.45, 7) is 0.483. The number of rotatable bonds is 4. The van der Waals surface area contributed by atoms with E-state index >= 15 is 0 Å². The zero-order chi connectivity index (χ0) is 12.4. The highest BCUT2D eigenvalue weighted by Crippen LogP contribution is 2.31. The number of hydrogen-bond donors (Lipinski definition) is 2. The molecule has 3 nitrogen and oxygen atoms in total. The molecule has 0 radical (unpaired) electrons. The smallest absolute Gasteiger partial charge is 0.252 e. The maximum absolute atomic E-state index is 12.9. The number of carbonyl (C=O) groups excluding carboxylic acids is 1. The third-order valence-corrected chi connectivity index (χ3v) is 3.79. The van der Waals surface area contributed by atoms with E-state index in [9.17, 15) is 9.18 Å². The molecule has 1 amide bonds. The van der Waals surface area contributed by atoms with Gasteiger partial charge in [-0.05, 0) is 59.5 Å². The molecule has 1 aliphatic rings. The summed E-state index contributed by atoms with van der Waals surface area (Å²) in [6, 6.07) is 4.17. The van der Waals surface area contributed by atoms with E-state index in [2.05, 4.69) is 5.32 Å². The van der Waals surface area contributed by atoms with Gasteiger partial charge in [0.1, 0.15) is 5.82 Å². The highest BCUT2D eigenvalue weighted by atomic mass is 127. The highest BCUT2D eigenvalue weighted by Gasteiger charge is 2.28. The summed E-state index contributed by atoms with van der Waals surface area (Å²) in [4.78, 5) is 11.8. The van der Waals surface area contributed by atoms with E-state index < -0.39 is 0 Å². The van der Waals surface area contributed by atoms with Crippen LogP contribution < -0.4 is 11.1 Å². The lowest BCUT2D eigenvalue weighted by atomic mass is 10.2. The van der Waals surface area contributed by atoms with Crippen LogP contribution >= 0.6 is 22.6 Å². The van der Waals surface area contributed by atoms with E-state index in [0.29, 0.717) is 21.6 Å². The van der Waals surface area contributed by atoms with Crippen molar-refractivity contribution in [2.24, 2.45) is 11.7 Å². The summed E-state index contributed by atoms with van der Waals surface area (Å²) in [5, 5.41) is 2.79. The molecule has 2 rings (SSSR count). The summed E-state index contributed by atoms with van der Waals surface area (Å²) >= 11 is 1.95. The van der Waals surface area contributed by atoms with Gasteiger partial charge in [-0.2, -0.15) is 0 Å². The minimum Gasteiger partial charge on any atom is -0.350 e. The molecule has 1 aromatic carbocycles. The average Bonchev–Trinajstić information content (AvgIpc) is 3.09. The third-order valence-electron chi connectivity index (χ3n) is 2.90. The van der Waals surface area contributed by atoms with Gasteiger partial charge in [0.15, 0.2) is 0 Å². The fourth-order valence-electron chi connectivity index (χ4n) is 1.67. The van der Waals surface area contributed by atoms with Gasteiger partial charge in [-0.3, -0.25) is 4.79 Å². The van der Waals surface area contributed by atoms with E-state index in [1.165, 1.54) is 18.2 Å². The molecule has 1 aliphatic carbocycles. The minimum absolute atomic E-state index is 0.0389. The van der Waals surface area contributed by atoms with Gasteiger partial charge in [-0.25, -0.2) is 4.39 Å². The first-order valence-electron chi connectivity index (χ1n) is 5.57. The lowest BCUT2D eigenvalue weighted by Gasteiger charge is -2.12. The number of carbonyl (C=O) groups is 1. The third kappa shape index (κ3) is 3.38. The molecule has 0 aromatic heterocycles. The molecule has 92 valence electrons. The molecule has 1 unspecified atom stereocenters. The van der Waals surface area contributed by atoms with Crippen LogP contribution in [0.25, 0.3) is 0 Å². The molecule has 1 aromatic rings. The van der Waals surface area contributed by atoms with E-state index in [0.717, 1.165) is 12.8 Å². The van der Waals surface area contributed by atoms with Crippen molar-refractivity contribution in [2.75, 3.05) is 6.54 Å². The average molecular weight is 348 g/mol. The minimum atomic E-state index is -0.333. The van der Waals surface area contributed by atoms with E-state index in [4.69, 9.17) is 5.73 Å². The van der Waals surface area contributed by atoms with Gasteiger partial charge >= 0.3 is 0 Å². The predicted molar refractivity (Wildman–Crippen MR) is 72.1 cm³/mol. The largest absolute Gasteiger partial charge is 0.350 e. The molecule has 3 N–H and O–H groups in total. The standard InChI is InChI=1S/C12H14FIN2O/c13-8-3-4-9(10(14)5-8)12(17)16-6-11(15)7-1-2-7/h3-5,7,11H,1-2,6,15H2,(H,16,17). The molecular weight excluding hydrogens is 334 g/mol. The first kappa shape index (κ1) is 12.8. The van der Waals surface area contributed by atoms with Gasteiger partial charge in [0.25, 0.3) is 5.91 Å². The number of hydrogen-bond acceptors (Lipinski definition) is 2. The van der Waals surface area contributed by atoms with Crippen LogP contribution in [0, 0.1) is 15.3 Å². The lowest BCUT2D eigenvalue weighted by molar-refractivity contribution is 0.0949. The van der Waals surface area contributed by atoms with Gasteiger partial charge in [-0.15, -0.1) is 0 Å². The molecular formula is C12H14FIN2O. The Bertz CT molecular complexity index is 435. The van der Waals surface area contributed by atoms with Crippen LogP contribution in [-0.4, -0.2) is 18.5 Å². The molecule has 1 fully saturated rings. The summed E-state index contributed by atoms with van der Waals surface area (Å²) < 4.78 is 13.5. The van der Waals surface area contributed by atoms with Crippen molar-refractivity contribution in [3.05, 3.63) is 33.1 Å².